The lowest BCUT2D eigenvalue weighted by Crippen LogP contribution is -2.42. The van der Waals surface area contributed by atoms with Crippen molar-refractivity contribution in [2.75, 3.05) is 6.54 Å². The number of benzene rings is 1. The van der Waals surface area contributed by atoms with Crippen molar-refractivity contribution in [2.24, 2.45) is 0 Å². The Balaban J connectivity index is 2.26. The van der Waals surface area contributed by atoms with Gasteiger partial charge in [0.25, 0.3) is 0 Å². The number of carboxylic acid groups (broad SMARTS) is 1. The van der Waals surface area contributed by atoms with E-state index in [-0.39, 0.29) is 24.1 Å². The topological polar surface area (TPSA) is 40.5 Å². The number of hydrogen-bond donors (Lipinski definition) is 1. The SMILES string of the molecule is Cc1cc(F)c(C(C)N2CCCCC2CC(=O)O)cc1F. The molecule has 0 saturated carbocycles. The van der Waals surface area contributed by atoms with E-state index in [1.807, 2.05) is 11.8 Å². The van der Waals surface area contributed by atoms with E-state index in [0.717, 1.165) is 19.3 Å². The van der Waals surface area contributed by atoms with Crippen LogP contribution < -0.4 is 0 Å². The Morgan fingerprint density at radius 1 is 1.38 bits per heavy atom. The lowest BCUT2D eigenvalue weighted by Gasteiger charge is -2.39. The molecule has 0 aromatic heterocycles. The lowest BCUT2D eigenvalue weighted by molar-refractivity contribution is -0.139. The summed E-state index contributed by atoms with van der Waals surface area (Å²) in [6.45, 7) is 4.06. The first-order chi connectivity index (χ1) is 9.90. The molecule has 1 heterocycles. The normalized spacial score (nSPS) is 21.2. The molecular formula is C16H21F2NO2. The number of halogens is 2. The van der Waals surface area contributed by atoms with Crippen LogP contribution in [0.25, 0.3) is 0 Å². The first kappa shape index (κ1) is 15.9. The van der Waals surface area contributed by atoms with E-state index in [9.17, 15) is 13.6 Å². The smallest absolute Gasteiger partial charge is 0.304 e. The van der Waals surface area contributed by atoms with Crippen LogP contribution in [0.3, 0.4) is 0 Å². The number of aliphatic carboxylic acids is 1. The highest BCUT2D eigenvalue weighted by Gasteiger charge is 2.30. The van der Waals surface area contributed by atoms with Gasteiger partial charge in [0.05, 0.1) is 6.42 Å². The van der Waals surface area contributed by atoms with Gasteiger partial charge in [0, 0.05) is 17.6 Å². The molecule has 1 aromatic carbocycles. The van der Waals surface area contributed by atoms with Gasteiger partial charge in [0.2, 0.25) is 0 Å². The highest BCUT2D eigenvalue weighted by Crippen LogP contribution is 2.32. The summed E-state index contributed by atoms with van der Waals surface area (Å²) in [4.78, 5) is 13.0. The molecule has 0 amide bonds. The second-order valence-electron chi connectivity index (χ2n) is 5.78. The number of piperidine rings is 1. The van der Waals surface area contributed by atoms with E-state index < -0.39 is 17.6 Å². The third-order valence-electron chi connectivity index (χ3n) is 4.31. The molecule has 1 N–H and O–H groups in total. The first-order valence-corrected chi connectivity index (χ1v) is 7.33. The van der Waals surface area contributed by atoms with Gasteiger partial charge in [-0.2, -0.15) is 0 Å². The Morgan fingerprint density at radius 3 is 2.76 bits per heavy atom. The molecule has 0 bridgehead atoms. The molecule has 21 heavy (non-hydrogen) atoms. The average molecular weight is 297 g/mol. The van der Waals surface area contributed by atoms with Crippen LogP contribution in [0.2, 0.25) is 0 Å². The molecule has 2 unspecified atom stereocenters. The van der Waals surface area contributed by atoms with Gasteiger partial charge < -0.3 is 5.11 Å². The maximum absolute atomic E-state index is 14.1. The molecule has 1 aliphatic heterocycles. The van der Waals surface area contributed by atoms with E-state index in [2.05, 4.69) is 0 Å². The van der Waals surface area contributed by atoms with Crippen LogP contribution in [-0.4, -0.2) is 28.6 Å². The van der Waals surface area contributed by atoms with Crippen LogP contribution in [0.1, 0.15) is 49.8 Å². The van der Waals surface area contributed by atoms with Crippen molar-refractivity contribution < 1.29 is 18.7 Å². The second-order valence-corrected chi connectivity index (χ2v) is 5.78. The Morgan fingerprint density at radius 2 is 2.10 bits per heavy atom. The summed E-state index contributed by atoms with van der Waals surface area (Å²) in [5.74, 6) is -1.71. The fourth-order valence-electron chi connectivity index (χ4n) is 3.11. The molecule has 116 valence electrons. The van der Waals surface area contributed by atoms with Gasteiger partial charge in [-0.3, -0.25) is 9.69 Å². The minimum Gasteiger partial charge on any atom is -0.481 e. The molecule has 1 aliphatic rings. The summed E-state index contributed by atoms with van der Waals surface area (Å²) in [5, 5.41) is 9.01. The van der Waals surface area contributed by atoms with E-state index in [0.29, 0.717) is 12.1 Å². The molecule has 2 atom stereocenters. The number of aryl methyl sites for hydroxylation is 1. The zero-order valence-corrected chi connectivity index (χ0v) is 12.4. The van der Waals surface area contributed by atoms with Crippen molar-refractivity contribution in [1.82, 2.24) is 4.90 Å². The van der Waals surface area contributed by atoms with Crippen LogP contribution in [0.5, 0.6) is 0 Å². The molecule has 0 spiro atoms. The predicted octanol–water partition coefficient (Wildman–Crippen LogP) is 3.66. The fourth-order valence-corrected chi connectivity index (χ4v) is 3.11. The minimum absolute atomic E-state index is 0.0420. The van der Waals surface area contributed by atoms with E-state index in [1.165, 1.54) is 19.1 Å². The number of carboxylic acids is 1. The van der Waals surface area contributed by atoms with Gasteiger partial charge in [0.1, 0.15) is 11.6 Å². The third kappa shape index (κ3) is 3.59. The van der Waals surface area contributed by atoms with Gasteiger partial charge >= 0.3 is 5.97 Å². The van der Waals surface area contributed by atoms with Crippen molar-refractivity contribution in [3.63, 3.8) is 0 Å². The fraction of sp³-hybridized carbons (Fsp3) is 0.562. The number of hydrogen-bond acceptors (Lipinski definition) is 2. The van der Waals surface area contributed by atoms with Crippen LogP contribution >= 0.6 is 0 Å². The quantitative estimate of drug-likeness (QED) is 0.922. The van der Waals surface area contributed by atoms with Crippen LogP contribution in [0.4, 0.5) is 8.78 Å². The van der Waals surface area contributed by atoms with Gasteiger partial charge in [-0.25, -0.2) is 8.78 Å². The molecule has 1 saturated heterocycles. The van der Waals surface area contributed by atoms with Crippen molar-refractivity contribution >= 4 is 5.97 Å². The van der Waals surface area contributed by atoms with Crippen molar-refractivity contribution in [1.29, 1.82) is 0 Å². The molecule has 2 rings (SSSR count). The number of rotatable bonds is 4. The highest BCUT2D eigenvalue weighted by molar-refractivity contribution is 5.67. The standard InChI is InChI=1S/C16H21F2NO2/c1-10-7-15(18)13(9-14(10)17)11(2)19-6-4-3-5-12(19)8-16(20)21/h7,9,11-12H,3-6,8H2,1-2H3,(H,20,21). The van der Waals surface area contributed by atoms with E-state index >= 15 is 0 Å². The first-order valence-electron chi connectivity index (χ1n) is 7.33. The van der Waals surface area contributed by atoms with Gasteiger partial charge in [-0.1, -0.05) is 6.42 Å². The zero-order chi connectivity index (χ0) is 15.6. The van der Waals surface area contributed by atoms with Crippen molar-refractivity contribution in [2.45, 2.75) is 51.6 Å². The number of likely N-dealkylation sites (tertiary alicyclic amines) is 1. The predicted molar refractivity (Wildman–Crippen MR) is 76.1 cm³/mol. The summed E-state index contributed by atoms with van der Waals surface area (Å²) >= 11 is 0. The average Bonchev–Trinajstić information content (AvgIpc) is 2.42. The molecular weight excluding hydrogens is 276 g/mol. The largest absolute Gasteiger partial charge is 0.481 e. The highest BCUT2D eigenvalue weighted by atomic mass is 19.1. The van der Waals surface area contributed by atoms with Crippen LogP contribution in [-0.2, 0) is 4.79 Å². The number of nitrogens with zero attached hydrogens (tertiary/aromatic N) is 1. The summed E-state index contributed by atoms with van der Waals surface area (Å²) in [5.41, 5.74) is 0.583. The van der Waals surface area contributed by atoms with E-state index in [4.69, 9.17) is 5.11 Å². The van der Waals surface area contributed by atoms with Gasteiger partial charge in [0.15, 0.2) is 0 Å². The Hall–Kier alpha value is -1.49. The molecule has 0 radical (unpaired) electrons. The molecule has 3 nitrogen and oxygen atoms in total. The third-order valence-corrected chi connectivity index (χ3v) is 4.31. The second kappa shape index (κ2) is 6.52. The monoisotopic (exact) mass is 297 g/mol. The van der Waals surface area contributed by atoms with Gasteiger partial charge in [-0.15, -0.1) is 0 Å². The maximum Gasteiger partial charge on any atom is 0.304 e. The Bertz CT molecular complexity index is 533. The summed E-state index contributed by atoms with van der Waals surface area (Å²) in [6.07, 6.45) is 2.76. The number of carbonyl (C=O) groups is 1. The maximum atomic E-state index is 14.1. The van der Waals surface area contributed by atoms with Crippen LogP contribution in [0.15, 0.2) is 12.1 Å². The zero-order valence-electron chi connectivity index (χ0n) is 12.4. The summed E-state index contributed by atoms with van der Waals surface area (Å²) in [7, 11) is 0. The minimum atomic E-state index is -0.852. The molecule has 0 aliphatic carbocycles. The van der Waals surface area contributed by atoms with Crippen LogP contribution in [0, 0.1) is 18.6 Å². The van der Waals surface area contributed by atoms with Crippen molar-refractivity contribution in [3.05, 3.63) is 34.9 Å². The van der Waals surface area contributed by atoms with Crippen molar-refractivity contribution in [3.8, 4) is 0 Å². The molecule has 1 fully saturated rings. The Kier molecular flexibility index (Phi) is 4.93. The van der Waals surface area contributed by atoms with E-state index in [1.54, 1.807) is 0 Å². The molecule has 5 heteroatoms. The molecule has 1 aromatic rings. The van der Waals surface area contributed by atoms with Gasteiger partial charge in [-0.05, 0) is 50.9 Å². The summed E-state index contributed by atoms with van der Waals surface area (Å²) < 4.78 is 27.8. The summed E-state index contributed by atoms with van der Waals surface area (Å²) in [6, 6.07) is 2.00. The lowest BCUT2D eigenvalue weighted by atomic mass is 9.94. The Labute approximate surface area is 123 Å².